The van der Waals surface area contributed by atoms with Gasteiger partial charge in [-0.1, -0.05) is 19.9 Å². The Morgan fingerprint density at radius 3 is 2.08 bits per heavy atom. The van der Waals surface area contributed by atoms with Crippen LogP contribution in [0.5, 0.6) is 0 Å². The van der Waals surface area contributed by atoms with Crippen molar-refractivity contribution in [1.29, 1.82) is 0 Å². The predicted octanol–water partition coefficient (Wildman–Crippen LogP) is 1.51. The highest BCUT2D eigenvalue weighted by Crippen LogP contribution is 1.98. The summed E-state index contributed by atoms with van der Waals surface area (Å²) < 4.78 is 0. The fourth-order valence-corrected chi connectivity index (χ4v) is 0.732. The monoisotopic (exact) mass is 171 g/mol. The lowest BCUT2D eigenvalue weighted by molar-refractivity contribution is 0.189. The number of rotatable bonds is 5. The van der Waals surface area contributed by atoms with Crippen LogP contribution in [-0.2, 0) is 0 Å². The molecule has 2 N–H and O–H groups in total. The SMILES string of the molecule is CNNN(C=CC(C)C)C(C)C. The minimum absolute atomic E-state index is 0.451. The van der Waals surface area contributed by atoms with E-state index in [4.69, 9.17) is 0 Å². The highest BCUT2D eigenvalue weighted by Gasteiger charge is 2.01. The molecule has 0 aliphatic rings. The molecule has 3 heteroatoms. The van der Waals surface area contributed by atoms with Gasteiger partial charge in [0.2, 0.25) is 0 Å². The van der Waals surface area contributed by atoms with E-state index in [-0.39, 0.29) is 0 Å². The standard InChI is InChI=1S/C9H21N3/c1-8(2)6-7-12(9(3)4)11-10-5/h6-11H,1-5H3. The smallest absolute Gasteiger partial charge is 0.0405 e. The second kappa shape index (κ2) is 6.03. The highest BCUT2D eigenvalue weighted by atomic mass is 15.7. The molecule has 0 rings (SSSR count). The van der Waals surface area contributed by atoms with Crippen LogP contribution in [0.2, 0.25) is 0 Å². The number of allylic oxidation sites excluding steroid dienone is 1. The van der Waals surface area contributed by atoms with Crippen LogP contribution in [0, 0.1) is 5.92 Å². The van der Waals surface area contributed by atoms with Gasteiger partial charge in [0.25, 0.3) is 0 Å². The van der Waals surface area contributed by atoms with Crippen LogP contribution < -0.4 is 11.0 Å². The number of hydrogen-bond acceptors (Lipinski definition) is 3. The highest BCUT2D eigenvalue weighted by molar-refractivity contribution is 4.84. The van der Waals surface area contributed by atoms with E-state index in [1.54, 1.807) is 0 Å². The van der Waals surface area contributed by atoms with Crippen molar-refractivity contribution in [1.82, 2.24) is 16.0 Å². The first-order chi connectivity index (χ1) is 5.57. The van der Waals surface area contributed by atoms with Gasteiger partial charge in [-0.2, -0.15) is 5.53 Å². The van der Waals surface area contributed by atoms with E-state index >= 15 is 0 Å². The van der Waals surface area contributed by atoms with Crippen molar-refractivity contribution >= 4 is 0 Å². The third-order valence-electron chi connectivity index (χ3n) is 1.43. The third kappa shape index (κ3) is 5.16. The molecular formula is C9H21N3. The van der Waals surface area contributed by atoms with Crippen LogP contribution in [0.1, 0.15) is 27.7 Å². The maximum absolute atomic E-state index is 3.03. The quantitative estimate of drug-likeness (QED) is 0.614. The molecule has 0 amide bonds. The van der Waals surface area contributed by atoms with Gasteiger partial charge in [-0.3, -0.25) is 0 Å². The van der Waals surface area contributed by atoms with Crippen LogP contribution in [0.4, 0.5) is 0 Å². The van der Waals surface area contributed by atoms with Gasteiger partial charge < -0.3 is 5.01 Å². The molecule has 12 heavy (non-hydrogen) atoms. The Balaban J connectivity index is 3.94. The Morgan fingerprint density at radius 2 is 1.75 bits per heavy atom. The predicted molar refractivity (Wildman–Crippen MR) is 53.1 cm³/mol. The van der Waals surface area contributed by atoms with E-state index in [0.717, 1.165) is 0 Å². The third-order valence-corrected chi connectivity index (χ3v) is 1.43. The molecule has 0 bridgehead atoms. The van der Waals surface area contributed by atoms with Crippen molar-refractivity contribution in [2.45, 2.75) is 33.7 Å². The molecule has 0 unspecified atom stereocenters. The van der Waals surface area contributed by atoms with Crippen LogP contribution >= 0.6 is 0 Å². The van der Waals surface area contributed by atoms with E-state index in [2.05, 4.69) is 50.9 Å². The maximum Gasteiger partial charge on any atom is 0.0405 e. The molecule has 0 aromatic heterocycles. The number of hydrogen-bond donors (Lipinski definition) is 2. The van der Waals surface area contributed by atoms with Crippen molar-refractivity contribution in [3.8, 4) is 0 Å². The van der Waals surface area contributed by atoms with Gasteiger partial charge in [-0.25, -0.2) is 5.43 Å². The van der Waals surface area contributed by atoms with Gasteiger partial charge in [-0.15, -0.1) is 0 Å². The molecule has 0 atom stereocenters. The van der Waals surface area contributed by atoms with Gasteiger partial charge in [0.15, 0.2) is 0 Å². The summed E-state index contributed by atoms with van der Waals surface area (Å²) in [6.45, 7) is 8.59. The summed E-state index contributed by atoms with van der Waals surface area (Å²) in [4.78, 5) is 0. The zero-order chi connectivity index (χ0) is 9.56. The van der Waals surface area contributed by atoms with E-state index in [9.17, 15) is 0 Å². The Labute approximate surface area is 75.8 Å². The molecule has 0 saturated heterocycles. The molecule has 0 radical (unpaired) electrons. The average Bonchev–Trinajstić information content (AvgIpc) is 1.96. The molecule has 0 saturated carbocycles. The summed E-state index contributed by atoms with van der Waals surface area (Å²) in [5, 5.41) is 2.03. The first-order valence-corrected chi connectivity index (χ1v) is 4.47. The second-order valence-electron chi connectivity index (χ2n) is 3.45. The summed E-state index contributed by atoms with van der Waals surface area (Å²) in [5.74, 6) is 0.588. The zero-order valence-electron chi connectivity index (χ0n) is 8.76. The Kier molecular flexibility index (Phi) is 5.76. The van der Waals surface area contributed by atoms with E-state index in [0.29, 0.717) is 12.0 Å². The molecule has 72 valence electrons. The normalized spacial score (nSPS) is 11.9. The summed E-state index contributed by atoms with van der Waals surface area (Å²) in [7, 11) is 1.86. The van der Waals surface area contributed by atoms with Crippen LogP contribution in [0.15, 0.2) is 12.3 Å². The molecule has 0 spiro atoms. The van der Waals surface area contributed by atoms with E-state index in [1.165, 1.54) is 0 Å². The summed E-state index contributed by atoms with van der Waals surface area (Å²) >= 11 is 0. The molecule has 0 aromatic carbocycles. The lowest BCUT2D eigenvalue weighted by atomic mass is 10.2. The van der Waals surface area contributed by atoms with Gasteiger partial charge in [0.1, 0.15) is 0 Å². The van der Waals surface area contributed by atoms with E-state index < -0.39 is 0 Å². The van der Waals surface area contributed by atoms with Crippen molar-refractivity contribution < 1.29 is 0 Å². The largest absolute Gasteiger partial charge is 0.300 e. The van der Waals surface area contributed by atoms with Crippen LogP contribution in [0.25, 0.3) is 0 Å². The van der Waals surface area contributed by atoms with Gasteiger partial charge in [0.05, 0.1) is 0 Å². The lowest BCUT2D eigenvalue weighted by Crippen LogP contribution is -2.45. The number of nitrogens with zero attached hydrogens (tertiary/aromatic N) is 1. The lowest BCUT2D eigenvalue weighted by Gasteiger charge is -2.25. The van der Waals surface area contributed by atoms with Gasteiger partial charge in [0, 0.05) is 19.3 Å². The molecule has 0 aromatic rings. The van der Waals surface area contributed by atoms with Gasteiger partial charge in [-0.05, 0) is 19.8 Å². The van der Waals surface area contributed by atoms with Crippen LogP contribution in [-0.4, -0.2) is 18.1 Å². The topological polar surface area (TPSA) is 27.3 Å². The van der Waals surface area contributed by atoms with Crippen LogP contribution in [0.3, 0.4) is 0 Å². The molecule has 0 aliphatic heterocycles. The Hall–Kier alpha value is -0.540. The maximum atomic E-state index is 3.03. The fraction of sp³-hybridized carbons (Fsp3) is 0.778. The van der Waals surface area contributed by atoms with E-state index in [1.807, 2.05) is 12.1 Å². The molecule has 0 aliphatic carbocycles. The minimum atomic E-state index is 0.451. The average molecular weight is 171 g/mol. The number of hydrazine groups is 2. The fourth-order valence-electron chi connectivity index (χ4n) is 0.732. The molecule has 3 nitrogen and oxygen atoms in total. The van der Waals surface area contributed by atoms with Crippen molar-refractivity contribution in [3.63, 3.8) is 0 Å². The number of nitrogens with one attached hydrogen (secondary N) is 2. The minimum Gasteiger partial charge on any atom is -0.300 e. The molecular weight excluding hydrogens is 150 g/mol. The van der Waals surface area contributed by atoms with Crippen molar-refractivity contribution in [2.24, 2.45) is 5.92 Å². The van der Waals surface area contributed by atoms with Crippen molar-refractivity contribution in [3.05, 3.63) is 12.3 Å². The first-order valence-electron chi connectivity index (χ1n) is 4.47. The Morgan fingerprint density at radius 1 is 1.17 bits per heavy atom. The Bertz CT molecular complexity index is 130. The summed E-state index contributed by atoms with van der Waals surface area (Å²) in [5.41, 5.74) is 5.93. The zero-order valence-corrected chi connectivity index (χ0v) is 8.76. The van der Waals surface area contributed by atoms with Gasteiger partial charge >= 0.3 is 0 Å². The molecule has 0 fully saturated rings. The second-order valence-corrected chi connectivity index (χ2v) is 3.45. The first kappa shape index (κ1) is 11.5. The summed E-state index contributed by atoms with van der Waals surface area (Å²) in [6, 6.07) is 0.451. The van der Waals surface area contributed by atoms with Crippen molar-refractivity contribution in [2.75, 3.05) is 7.05 Å². The molecule has 0 heterocycles. The summed E-state index contributed by atoms with van der Waals surface area (Å²) in [6.07, 6.45) is 4.22.